The number of ether oxygens (including phenoxy) is 1. The molecule has 30 heavy (non-hydrogen) atoms. The summed E-state index contributed by atoms with van der Waals surface area (Å²) in [6.07, 6.45) is 2.33. The van der Waals surface area contributed by atoms with Gasteiger partial charge >= 0.3 is 0 Å². The molecule has 1 fully saturated rings. The Morgan fingerprint density at radius 1 is 1.27 bits per heavy atom. The van der Waals surface area contributed by atoms with Crippen LogP contribution in [-0.2, 0) is 12.8 Å². The molecule has 0 amide bonds. The van der Waals surface area contributed by atoms with E-state index in [0.717, 1.165) is 40.5 Å². The maximum atomic E-state index is 13.0. The number of rotatable bonds is 9. The van der Waals surface area contributed by atoms with Gasteiger partial charge in [0.15, 0.2) is 5.78 Å². The highest BCUT2D eigenvalue weighted by Gasteiger charge is 2.63. The number of hydrogen-bond donors (Lipinski definition) is 2. The molecule has 5 heteroatoms. The monoisotopic (exact) mass is 428 g/mol. The Balaban J connectivity index is 1.38. The zero-order valence-electron chi connectivity index (χ0n) is 18.3. The van der Waals surface area contributed by atoms with E-state index in [1.807, 2.05) is 19.1 Å². The van der Waals surface area contributed by atoms with Crippen LogP contribution in [-0.4, -0.2) is 35.8 Å². The zero-order valence-corrected chi connectivity index (χ0v) is 19.1. The third-order valence-corrected chi connectivity index (χ3v) is 8.35. The van der Waals surface area contributed by atoms with Crippen LogP contribution in [0.3, 0.4) is 0 Å². The van der Waals surface area contributed by atoms with Gasteiger partial charge in [0, 0.05) is 17.2 Å². The second-order valence-electron chi connectivity index (χ2n) is 9.55. The summed E-state index contributed by atoms with van der Waals surface area (Å²) in [5.41, 5.74) is 5.38. The first-order chi connectivity index (χ1) is 14.3. The van der Waals surface area contributed by atoms with E-state index >= 15 is 0 Å². The number of benzene rings is 1. The van der Waals surface area contributed by atoms with E-state index < -0.39 is 0 Å². The minimum absolute atomic E-state index is 0.0966. The van der Waals surface area contributed by atoms with E-state index in [9.17, 15) is 4.79 Å². The lowest BCUT2D eigenvalue weighted by atomic mass is 9.94. The van der Waals surface area contributed by atoms with E-state index in [4.69, 9.17) is 14.9 Å². The fraction of sp³-hybridized carbons (Fsp3) is 0.560. The Kier molecular flexibility index (Phi) is 5.82. The third kappa shape index (κ3) is 3.72. The van der Waals surface area contributed by atoms with Gasteiger partial charge in [0.05, 0.1) is 24.7 Å². The lowest BCUT2D eigenvalue weighted by molar-refractivity contribution is 0.0985. The number of aliphatic hydroxyl groups is 2. The lowest BCUT2D eigenvalue weighted by Gasteiger charge is -2.15. The molecule has 0 spiro atoms. The SMILES string of the molecule is Cc1cc(CCC(=O)c2sc(C)c3c2C[C@@H]2[C@H]3C2(C)C)ccc1OCC(CO)CO. The van der Waals surface area contributed by atoms with Crippen molar-refractivity contribution in [2.45, 2.75) is 52.9 Å². The van der Waals surface area contributed by atoms with Gasteiger partial charge in [0.2, 0.25) is 0 Å². The molecule has 0 aliphatic heterocycles. The summed E-state index contributed by atoms with van der Waals surface area (Å²) in [5.74, 6) is 2.15. The van der Waals surface area contributed by atoms with E-state index in [-0.39, 0.29) is 31.5 Å². The van der Waals surface area contributed by atoms with Crippen LogP contribution in [0.1, 0.15) is 63.0 Å². The van der Waals surface area contributed by atoms with E-state index in [2.05, 4.69) is 26.8 Å². The van der Waals surface area contributed by atoms with E-state index in [1.54, 1.807) is 11.3 Å². The summed E-state index contributed by atoms with van der Waals surface area (Å²) in [6, 6.07) is 5.99. The highest BCUT2D eigenvalue weighted by Crippen LogP contribution is 2.71. The molecule has 1 aromatic carbocycles. The zero-order chi connectivity index (χ0) is 21.6. The highest BCUT2D eigenvalue weighted by molar-refractivity contribution is 7.14. The first-order valence-electron chi connectivity index (χ1n) is 10.9. The summed E-state index contributed by atoms with van der Waals surface area (Å²) in [5, 5.41) is 18.3. The summed E-state index contributed by atoms with van der Waals surface area (Å²) < 4.78 is 5.73. The van der Waals surface area contributed by atoms with Crippen molar-refractivity contribution >= 4 is 17.1 Å². The molecule has 0 radical (unpaired) electrons. The van der Waals surface area contributed by atoms with Crippen LogP contribution >= 0.6 is 11.3 Å². The van der Waals surface area contributed by atoms with Crippen molar-refractivity contribution in [2.24, 2.45) is 17.3 Å². The number of carbonyl (C=O) groups is 1. The molecule has 2 aromatic rings. The first kappa shape index (κ1) is 21.5. The summed E-state index contributed by atoms with van der Waals surface area (Å²) in [7, 11) is 0. The summed E-state index contributed by atoms with van der Waals surface area (Å²) >= 11 is 1.70. The van der Waals surface area contributed by atoms with Gasteiger partial charge in [-0.1, -0.05) is 26.0 Å². The van der Waals surface area contributed by atoms with E-state index in [1.165, 1.54) is 16.0 Å². The van der Waals surface area contributed by atoms with Crippen molar-refractivity contribution < 1.29 is 19.7 Å². The van der Waals surface area contributed by atoms with Crippen molar-refractivity contribution in [3.05, 3.63) is 50.2 Å². The molecule has 0 unspecified atom stereocenters. The predicted molar refractivity (Wildman–Crippen MR) is 120 cm³/mol. The molecular weight excluding hydrogens is 396 g/mol. The van der Waals surface area contributed by atoms with Gasteiger partial charge in [-0.25, -0.2) is 0 Å². The number of fused-ring (bicyclic) bond motifs is 3. The number of carbonyl (C=O) groups excluding carboxylic acids is 1. The molecule has 4 rings (SSSR count). The Hall–Kier alpha value is -1.69. The fourth-order valence-corrected chi connectivity index (χ4v) is 6.33. The Labute approximate surface area is 182 Å². The molecule has 0 saturated heterocycles. The number of Topliss-reactive ketones (excluding diaryl/α,β-unsaturated/α-hetero) is 1. The van der Waals surface area contributed by atoms with Gasteiger partial charge in [0.25, 0.3) is 0 Å². The van der Waals surface area contributed by atoms with Gasteiger partial charge < -0.3 is 14.9 Å². The number of aryl methyl sites for hydroxylation is 3. The van der Waals surface area contributed by atoms with Crippen LogP contribution in [0.15, 0.2) is 18.2 Å². The maximum absolute atomic E-state index is 13.0. The number of ketones is 1. The molecule has 4 nitrogen and oxygen atoms in total. The van der Waals surface area contributed by atoms with Crippen LogP contribution in [0.25, 0.3) is 0 Å². The summed E-state index contributed by atoms with van der Waals surface area (Å²) in [6.45, 7) is 8.96. The molecule has 2 atom stereocenters. The van der Waals surface area contributed by atoms with Crippen molar-refractivity contribution in [1.82, 2.24) is 0 Å². The Morgan fingerprint density at radius 2 is 2.00 bits per heavy atom. The third-order valence-electron chi connectivity index (χ3n) is 7.14. The Morgan fingerprint density at radius 3 is 2.67 bits per heavy atom. The molecule has 162 valence electrons. The average Bonchev–Trinajstić information content (AvgIpc) is 3.05. The van der Waals surface area contributed by atoms with Crippen LogP contribution in [0.5, 0.6) is 5.75 Å². The smallest absolute Gasteiger partial charge is 0.173 e. The van der Waals surface area contributed by atoms with Gasteiger partial charge in [-0.2, -0.15) is 0 Å². The second-order valence-corrected chi connectivity index (χ2v) is 10.8. The van der Waals surface area contributed by atoms with Gasteiger partial charge in [-0.3, -0.25) is 4.79 Å². The largest absolute Gasteiger partial charge is 0.493 e. The molecular formula is C25H32O4S. The van der Waals surface area contributed by atoms with Crippen LogP contribution < -0.4 is 4.74 Å². The predicted octanol–water partition coefficient (Wildman–Crippen LogP) is 4.46. The topological polar surface area (TPSA) is 66.8 Å². The lowest BCUT2D eigenvalue weighted by Crippen LogP contribution is -2.20. The Bertz CT molecular complexity index is 954. The first-order valence-corrected chi connectivity index (χ1v) is 11.7. The van der Waals surface area contributed by atoms with Gasteiger partial charge in [-0.05, 0) is 72.3 Å². The number of hydrogen-bond acceptors (Lipinski definition) is 5. The van der Waals surface area contributed by atoms with Crippen molar-refractivity contribution in [3.63, 3.8) is 0 Å². The highest BCUT2D eigenvalue weighted by atomic mass is 32.1. The fourth-order valence-electron chi connectivity index (χ4n) is 5.13. The van der Waals surface area contributed by atoms with Crippen molar-refractivity contribution in [3.8, 4) is 5.75 Å². The minimum Gasteiger partial charge on any atom is -0.493 e. The van der Waals surface area contributed by atoms with Gasteiger partial charge in [-0.15, -0.1) is 11.3 Å². The van der Waals surface area contributed by atoms with Crippen LogP contribution in [0.2, 0.25) is 0 Å². The quantitative estimate of drug-likeness (QED) is 0.579. The molecule has 1 heterocycles. The average molecular weight is 429 g/mol. The normalized spacial score (nSPS) is 20.9. The molecule has 1 saturated carbocycles. The second kappa shape index (κ2) is 8.10. The molecule has 2 aliphatic carbocycles. The molecule has 1 aromatic heterocycles. The van der Waals surface area contributed by atoms with Crippen LogP contribution in [0, 0.1) is 31.1 Å². The molecule has 2 aliphatic rings. The number of thiophene rings is 1. The molecule has 0 bridgehead atoms. The standard InChI is InChI=1S/C25H32O4S/c1-14-9-16(6-8-21(14)29-13-17(11-26)12-27)5-7-20(28)24-18-10-19-23(25(19,3)4)22(18)15(2)30-24/h6,8-9,17,19,23,26-27H,5,7,10-13H2,1-4H3/t19-,23-/m1/s1. The van der Waals surface area contributed by atoms with Gasteiger partial charge in [0.1, 0.15) is 5.75 Å². The summed E-state index contributed by atoms with van der Waals surface area (Å²) in [4.78, 5) is 15.3. The minimum atomic E-state index is -0.269. The van der Waals surface area contributed by atoms with E-state index in [0.29, 0.717) is 17.8 Å². The van der Waals surface area contributed by atoms with Crippen LogP contribution in [0.4, 0.5) is 0 Å². The molecule has 2 N–H and O–H groups in total. The van der Waals surface area contributed by atoms with Crippen molar-refractivity contribution in [2.75, 3.05) is 19.8 Å². The van der Waals surface area contributed by atoms with Crippen molar-refractivity contribution in [1.29, 1.82) is 0 Å². The maximum Gasteiger partial charge on any atom is 0.173 e. The number of aliphatic hydroxyl groups excluding tert-OH is 2.